The minimum Gasteiger partial charge on any atom is -0.324 e. The second-order valence-electron chi connectivity index (χ2n) is 5.65. The molecule has 26 heavy (non-hydrogen) atoms. The van der Waals surface area contributed by atoms with Gasteiger partial charge in [0.1, 0.15) is 10.7 Å². The van der Waals surface area contributed by atoms with Crippen molar-refractivity contribution in [2.75, 3.05) is 11.9 Å². The Balaban J connectivity index is 1.60. The highest BCUT2D eigenvalue weighted by atomic mass is 79.9. The third-order valence-electron chi connectivity index (χ3n) is 3.88. The van der Waals surface area contributed by atoms with Gasteiger partial charge in [-0.3, -0.25) is 9.59 Å². The van der Waals surface area contributed by atoms with Gasteiger partial charge >= 0.3 is 0 Å². The molecule has 2 aromatic carbocycles. The lowest BCUT2D eigenvalue weighted by Gasteiger charge is -2.14. The normalized spacial score (nSPS) is 15.0. The van der Waals surface area contributed by atoms with Gasteiger partial charge in [0, 0.05) is 17.4 Å². The smallest absolute Gasteiger partial charge is 0.269 e. The number of halogens is 2. The lowest BCUT2D eigenvalue weighted by molar-refractivity contribution is -0.116. The molecule has 0 saturated carbocycles. The van der Waals surface area contributed by atoms with Gasteiger partial charge < -0.3 is 5.32 Å². The summed E-state index contributed by atoms with van der Waals surface area (Å²) in [5.41, 5.74) is 0.171. The molecule has 1 aliphatic rings. The average Bonchev–Trinajstić information content (AvgIpc) is 2.78. The number of fused-ring (bicyclic) bond motifs is 1. The Kier molecular flexibility index (Phi) is 5.10. The molecule has 0 radical (unpaired) electrons. The Morgan fingerprint density at radius 3 is 2.62 bits per heavy atom. The fourth-order valence-electron chi connectivity index (χ4n) is 2.64. The molecule has 1 aliphatic heterocycles. The number of nitrogens with zero attached hydrogens (tertiary/aromatic N) is 1. The number of nitrogens with one attached hydrogen (secondary N) is 1. The van der Waals surface area contributed by atoms with Crippen molar-refractivity contribution in [3.05, 3.63) is 58.3 Å². The zero-order valence-corrected chi connectivity index (χ0v) is 15.8. The number of amides is 2. The maximum absolute atomic E-state index is 13.7. The first-order chi connectivity index (χ1) is 12.3. The molecule has 0 bridgehead atoms. The van der Waals surface area contributed by atoms with Crippen molar-refractivity contribution in [2.45, 2.75) is 17.7 Å². The SMILES string of the molecule is O=C(CCCN1C(=O)c2ccccc2S1(=O)=O)Nc1ccc(Br)cc1F. The van der Waals surface area contributed by atoms with E-state index in [-0.39, 0.29) is 35.5 Å². The lowest BCUT2D eigenvalue weighted by atomic mass is 10.2. The van der Waals surface area contributed by atoms with Crippen molar-refractivity contribution in [2.24, 2.45) is 0 Å². The van der Waals surface area contributed by atoms with E-state index in [1.807, 2.05) is 0 Å². The third kappa shape index (κ3) is 3.49. The summed E-state index contributed by atoms with van der Waals surface area (Å²) < 4.78 is 39.8. The second kappa shape index (κ2) is 7.16. The van der Waals surface area contributed by atoms with Crippen molar-refractivity contribution in [3.63, 3.8) is 0 Å². The van der Waals surface area contributed by atoms with Gasteiger partial charge in [-0.25, -0.2) is 17.1 Å². The van der Waals surface area contributed by atoms with Crippen LogP contribution in [0.2, 0.25) is 0 Å². The summed E-state index contributed by atoms with van der Waals surface area (Å²) in [5, 5.41) is 2.42. The predicted molar refractivity (Wildman–Crippen MR) is 96.6 cm³/mol. The molecule has 0 aliphatic carbocycles. The van der Waals surface area contributed by atoms with E-state index in [0.717, 1.165) is 4.31 Å². The van der Waals surface area contributed by atoms with E-state index in [1.165, 1.54) is 24.3 Å². The number of carbonyl (C=O) groups excluding carboxylic acids is 2. The topological polar surface area (TPSA) is 83.6 Å². The molecule has 2 amide bonds. The summed E-state index contributed by atoms with van der Waals surface area (Å²) in [6, 6.07) is 10.2. The van der Waals surface area contributed by atoms with Crippen molar-refractivity contribution >= 4 is 43.5 Å². The Bertz CT molecular complexity index is 994. The van der Waals surface area contributed by atoms with Crippen LogP contribution in [0.1, 0.15) is 23.2 Å². The summed E-state index contributed by atoms with van der Waals surface area (Å²) in [6.45, 7) is -0.119. The van der Waals surface area contributed by atoms with Crippen molar-refractivity contribution in [3.8, 4) is 0 Å². The summed E-state index contributed by atoms with van der Waals surface area (Å²) in [6.07, 6.45) is 0.0775. The van der Waals surface area contributed by atoms with E-state index < -0.39 is 27.7 Å². The van der Waals surface area contributed by atoms with Crippen molar-refractivity contribution in [1.29, 1.82) is 0 Å². The number of benzene rings is 2. The number of anilines is 1. The van der Waals surface area contributed by atoms with Gasteiger partial charge in [-0.2, -0.15) is 0 Å². The van der Waals surface area contributed by atoms with Gasteiger partial charge in [-0.1, -0.05) is 28.1 Å². The molecule has 0 saturated heterocycles. The van der Waals surface area contributed by atoms with Crippen LogP contribution in [0.25, 0.3) is 0 Å². The minimum atomic E-state index is -3.88. The maximum Gasteiger partial charge on any atom is 0.269 e. The van der Waals surface area contributed by atoms with Crippen LogP contribution in [0, 0.1) is 5.82 Å². The molecular formula is C17H14BrFN2O4S. The Morgan fingerprint density at radius 2 is 1.92 bits per heavy atom. The summed E-state index contributed by atoms with van der Waals surface area (Å²) in [4.78, 5) is 24.2. The van der Waals surface area contributed by atoms with Crippen molar-refractivity contribution < 1.29 is 22.4 Å². The maximum atomic E-state index is 13.7. The van der Waals surface area contributed by atoms with Gasteiger partial charge in [0.2, 0.25) is 5.91 Å². The van der Waals surface area contributed by atoms with Crippen LogP contribution in [-0.2, 0) is 14.8 Å². The highest BCUT2D eigenvalue weighted by Crippen LogP contribution is 2.30. The van der Waals surface area contributed by atoms with E-state index in [1.54, 1.807) is 18.2 Å². The van der Waals surface area contributed by atoms with Gasteiger partial charge in [0.15, 0.2) is 0 Å². The molecule has 0 fully saturated rings. The molecule has 0 unspecified atom stereocenters. The molecule has 3 rings (SSSR count). The van der Waals surface area contributed by atoms with Crippen LogP contribution in [-0.4, -0.2) is 31.1 Å². The largest absolute Gasteiger partial charge is 0.324 e. The van der Waals surface area contributed by atoms with Crippen LogP contribution < -0.4 is 5.32 Å². The Morgan fingerprint density at radius 1 is 1.19 bits per heavy atom. The standard InChI is InChI=1S/C17H14BrFN2O4S/c18-11-7-8-14(13(19)10-11)20-16(22)6-3-9-21-17(23)12-4-1-2-5-15(12)26(21,24)25/h1-2,4-5,7-8,10H,3,6,9H2,(H,20,22). The molecule has 6 nitrogen and oxygen atoms in total. The van der Waals surface area contributed by atoms with E-state index in [9.17, 15) is 22.4 Å². The molecule has 0 aromatic heterocycles. The number of rotatable bonds is 5. The highest BCUT2D eigenvalue weighted by molar-refractivity contribution is 9.10. The first-order valence-electron chi connectivity index (χ1n) is 7.72. The molecule has 2 aromatic rings. The fraction of sp³-hybridized carbons (Fsp3) is 0.176. The third-order valence-corrected chi connectivity index (χ3v) is 6.22. The molecule has 136 valence electrons. The zero-order valence-electron chi connectivity index (χ0n) is 13.4. The van der Waals surface area contributed by atoms with Crippen LogP contribution in [0.5, 0.6) is 0 Å². The van der Waals surface area contributed by atoms with Gasteiger partial charge in [0.05, 0.1) is 11.3 Å². The predicted octanol–water partition coefficient (Wildman–Crippen LogP) is 3.15. The first-order valence-corrected chi connectivity index (χ1v) is 9.95. The van der Waals surface area contributed by atoms with E-state index >= 15 is 0 Å². The summed E-state index contributed by atoms with van der Waals surface area (Å²) in [5.74, 6) is -1.65. The number of hydrogen-bond acceptors (Lipinski definition) is 4. The first kappa shape index (κ1) is 18.5. The van der Waals surface area contributed by atoms with Crippen LogP contribution in [0.4, 0.5) is 10.1 Å². The molecule has 1 N–H and O–H groups in total. The number of carbonyl (C=O) groups is 2. The fourth-order valence-corrected chi connectivity index (χ4v) is 4.58. The second-order valence-corrected chi connectivity index (χ2v) is 8.40. The quantitative estimate of drug-likeness (QED) is 0.773. The van der Waals surface area contributed by atoms with Crippen LogP contribution in [0.3, 0.4) is 0 Å². The molecule has 0 spiro atoms. The number of sulfonamides is 1. The minimum absolute atomic E-state index is 0.0219. The van der Waals surface area contributed by atoms with Gasteiger partial charge in [0.25, 0.3) is 15.9 Å². The van der Waals surface area contributed by atoms with Crippen molar-refractivity contribution in [1.82, 2.24) is 4.31 Å². The monoisotopic (exact) mass is 440 g/mol. The van der Waals surface area contributed by atoms with E-state index in [0.29, 0.717) is 4.47 Å². The van der Waals surface area contributed by atoms with Crippen LogP contribution in [0.15, 0.2) is 51.8 Å². The summed E-state index contributed by atoms with van der Waals surface area (Å²) >= 11 is 3.12. The Hall–Kier alpha value is -2.26. The number of hydrogen-bond donors (Lipinski definition) is 1. The van der Waals surface area contributed by atoms with E-state index in [4.69, 9.17) is 0 Å². The molecule has 0 atom stereocenters. The highest BCUT2D eigenvalue weighted by Gasteiger charge is 2.40. The van der Waals surface area contributed by atoms with E-state index in [2.05, 4.69) is 21.2 Å². The molecule has 9 heteroatoms. The zero-order chi connectivity index (χ0) is 18.9. The Labute approximate surface area is 158 Å². The van der Waals surface area contributed by atoms with Gasteiger partial charge in [-0.15, -0.1) is 0 Å². The lowest BCUT2D eigenvalue weighted by Crippen LogP contribution is -2.31. The molecule has 1 heterocycles. The van der Waals surface area contributed by atoms with Gasteiger partial charge in [-0.05, 0) is 36.8 Å². The average molecular weight is 441 g/mol. The summed E-state index contributed by atoms with van der Waals surface area (Å²) in [7, 11) is -3.88. The van der Waals surface area contributed by atoms with Crippen LogP contribution >= 0.6 is 15.9 Å². The molecular weight excluding hydrogens is 427 g/mol.